The van der Waals surface area contributed by atoms with Crippen LogP contribution in [-0.2, 0) is 11.3 Å². The molecule has 1 atom stereocenters. The first-order valence-corrected chi connectivity index (χ1v) is 6.86. The highest BCUT2D eigenvalue weighted by Crippen LogP contribution is 2.37. The molecule has 0 saturated heterocycles. The topological polar surface area (TPSA) is 46.3 Å². The van der Waals surface area contributed by atoms with E-state index in [1.807, 2.05) is 48.5 Å². The Hall–Kier alpha value is -1.65. The van der Waals surface area contributed by atoms with E-state index in [1.165, 1.54) is 0 Å². The maximum atomic E-state index is 12.3. The summed E-state index contributed by atoms with van der Waals surface area (Å²) in [5, 5.41) is 0. The maximum Gasteiger partial charge on any atom is 0.248 e. The van der Waals surface area contributed by atoms with Crippen molar-refractivity contribution in [3.63, 3.8) is 0 Å². The number of nitrogens with zero attached hydrogens (tertiary/aromatic N) is 1. The first-order valence-electron chi connectivity index (χ1n) is 6.07. The molecule has 2 aromatic carbocycles. The number of carbonyl (C=O) groups excluding carboxylic acids is 1. The summed E-state index contributed by atoms with van der Waals surface area (Å²) >= 11 is 3.44. The van der Waals surface area contributed by atoms with Crippen molar-refractivity contribution < 1.29 is 4.79 Å². The molecule has 2 aromatic rings. The van der Waals surface area contributed by atoms with Crippen LogP contribution in [0.3, 0.4) is 0 Å². The van der Waals surface area contributed by atoms with Gasteiger partial charge in [-0.15, -0.1) is 0 Å². The molecule has 0 saturated carbocycles. The molecular formula is C15H13BrN2O. The molecule has 3 rings (SSSR count). The zero-order chi connectivity index (χ0) is 13.4. The standard InChI is InChI=1S/C15H13BrN2O/c16-11-6-7-12-13(8-11)18(15(19)14(12)17)9-10-4-2-1-3-5-10/h1-8,14H,9,17H2. The third-order valence-electron chi connectivity index (χ3n) is 3.33. The second-order valence-electron chi connectivity index (χ2n) is 4.59. The van der Waals surface area contributed by atoms with Crippen molar-refractivity contribution in [1.82, 2.24) is 0 Å². The van der Waals surface area contributed by atoms with Gasteiger partial charge in [0.15, 0.2) is 0 Å². The number of fused-ring (bicyclic) bond motifs is 1. The summed E-state index contributed by atoms with van der Waals surface area (Å²) in [6.07, 6.45) is 0. The SMILES string of the molecule is NC1C(=O)N(Cc2ccccc2)c2cc(Br)ccc21. The van der Waals surface area contributed by atoms with Gasteiger partial charge in [0.25, 0.3) is 0 Å². The summed E-state index contributed by atoms with van der Waals surface area (Å²) in [5.74, 6) is -0.0445. The number of amides is 1. The molecule has 1 aliphatic rings. The molecule has 96 valence electrons. The monoisotopic (exact) mass is 316 g/mol. The first-order chi connectivity index (χ1) is 9.16. The average molecular weight is 317 g/mol. The molecule has 1 amide bonds. The summed E-state index contributed by atoms with van der Waals surface area (Å²) in [6.45, 7) is 0.552. The molecule has 0 spiro atoms. The lowest BCUT2D eigenvalue weighted by Crippen LogP contribution is -2.31. The molecule has 1 heterocycles. The molecule has 0 bridgehead atoms. The van der Waals surface area contributed by atoms with E-state index in [4.69, 9.17) is 5.73 Å². The number of anilines is 1. The van der Waals surface area contributed by atoms with Crippen LogP contribution in [0, 0.1) is 0 Å². The molecule has 4 heteroatoms. The molecule has 0 aliphatic carbocycles. The second-order valence-corrected chi connectivity index (χ2v) is 5.51. The minimum absolute atomic E-state index is 0.0445. The highest BCUT2D eigenvalue weighted by Gasteiger charge is 2.34. The number of halogens is 1. The molecule has 2 N–H and O–H groups in total. The molecule has 0 radical (unpaired) electrons. The van der Waals surface area contributed by atoms with Crippen molar-refractivity contribution in [3.8, 4) is 0 Å². The first kappa shape index (κ1) is 12.4. The Morgan fingerprint density at radius 1 is 1.16 bits per heavy atom. The minimum Gasteiger partial charge on any atom is -0.316 e. The van der Waals surface area contributed by atoms with E-state index in [-0.39, 0.29) is 5.91 Å². The number of hydrogen-bond donors (Lipinski definition) is 1. The molecule has 0 fully saturated rings. The van der Waals surface area contributed by atoms with Crippen LogP contribution in [0.15, 0.2) is 53.0 Å². The van der Waals surface area contributed by atoms with Crippen LogP contribution >= 0.6 is 15.9 Å². The van der Waals surface area contributed by atoms with Gasteiger partial charge in [0.1, 0.15) is 6.04 Å². The van der Waals surface area contributed by atoms with Crippen LogP contribution in [-0.4, -0.2) is 5.91 Å². The van der Waals surface area contributed by atoms with Crippen LogP contribution in [0.25, 0.3) is 0 Å². The second kappa shape index (κ2) is 4.79. The lowest BCUT2D eigenvalue weighted by molar-refractivity contribution is -0.119. The van der Waals surface area contributed by atoms with Crippen molar-refractivity contribution in [3.05, 3.63) is 64.1 Å². The average Bonchev–Trinajstić information content (AvgIpc) is 2.65. The molecule has 3 nitrogen and oxygen atoms in total. The Morgan fingerprint density at radius 2 is 1.89 bits per heavy atom. The van der Waals surface area contributed by atoms with Gasteiger partial charge in [-0.1, -0.05) is 52.3 Å². The van der Waals surface area contributed by atoms with Gasteiger partial charge in [-0.25, -0.2) is 0 Å². The summed E-state index contributed by atoms with van der Waals surface area (Å²) in [4.78, 5) is 14.0. The van der Waals surface area contributed by atoms with Gasteiger partial charge in [0.05, 0.1) is 12.2 Å². The zero-order valence-electron chi connectivity index (χ0n) is 10.2. The number of nitrogens with two attached hydrogens (primary N) is 1. The van der Waals surface area contributed by atoms with E-state index in [2.05, 4.69) is 15.9 Å². The van der Waals surface area contributed by atoms with Crippen molar-refractivity contribution in [2.24, 2.45) is 5.73 Å². The molecule has 0 aromatic heterocycles. The third kappa shape index (κ3) is 2.17. The number of benzene rings is 2. The number of carbonyl (C=O) groups is 1. The molecule has 19 heavy (non-hydrogen) atoms. The van der Waals surface area contributed by atoms with Crippen molar-refractivity contribution >= 4 is 27.5 Å². The predicted molar refractivity (Wildman–Crippen MR) is 78.7 cm³/mol. The Kier molecular flexibility index (Phi) is 3.12. The van der Waals surface area contributed by atoms with Crippen LogP contribution in [0.4, 0.5) is 5.69 Å². The zero-order valence-corrected chi connectivity index (χ0v) is 11.8. The number of hydrogen-bond acceptors (Lipinski definition) is 2. The fraction of sp³-hybridized carbons (Fsp3) is 0.133. The van der Waals surface area contributed by atoms with Crippen molar-refractivity contribution in [2.45, 2.75) is 12.6 Å². The normalized spacial score (nSPS) is 17.7. The van der Waals surface area contributed by atoms with Gasteiger partial charge in [-0.3, -0.25) is 4.79 Å². The van der Waals surface area contributed by atoms with E-state index >= 15 is 0 Å². The Bertz CT molecular complexity index is 627. The number of rotatable bonds is 2. The lowest BCUT2D eigenvalue weighted by atomic mass is 10.1. The largest absolute Gasteiger partial charge is 0.316 e. The van der Waals surface area contributed by atoms with Crippen molar-refractivity contribution in [2.75, 3.05) is 4.90 Å². The summed E-state index contributed by atoms with van der Waals surface area (Å²) in [6, 6.07) is 15.1. The van der Waals surface area contributed by atoms with Crippen LogP contribution in [0.5, 0.6) is 0 Å². The smallest absolute Gasteiger partial charge is 0.248 e. The Labute approximate surface area is 120 Å². The van der Waals surface area contributed by atoms with Gasteiger partial charge < -0.3 is 10.6 Å². The van der Waals surface area contributed by atoms with E-state index in [0.29, 0.717) is 6.54 Å². The fourth-order valence-electron chi connectivity index (χ4n) is 2.36. The van der Waals surface area contributed by atoms with Gasteiger partial charge in [0, 0.05) is 10.0 Å². The highest BCUT2D eigenvalue weighted by molar-refractivity contribution is 9.10. The maximum absolute atomic E-state index is 12.3. The Morgan fingerprint density at radius 3 is 2.63 bits per heavy atom. The van der Waals surface area contributed by atoms with E-state index < -0.39 is 6.04 Å². The highest BCUT2D eigenvalue weighted by atomic mass is 79.9. The van der Waals surface area contributed by atoms with E-state index in [9.17, 15) is 4.79 Å². The minimum atomic E-state index is -0.549. The molecule has 1 aliphatic heterocycles. The summed E-state index contributed by atoms with van der Waals surface area (Å²) in [7, 11) is 0. The fourth-order valence-corrected chi connectivity index (χ4v) is 2.71. The van der Waals surface area contributed by atoms with Crippen LogP contribution in [0.1, 0.15) is 17.2 Å². The molecule has 1 unspecified atom stereocenters. The predicted octanol–water partition coefficient (Wildman–Crippen LogP) is 3.00. The Balaban J connectivity index is 1.99. The summed E-state index contributed by atoms with van der Waals surface area (Å²) in [5.41, 5.74) is 8.86. The van der Waals surface area contributed by atoms with E-state index in [0.717, 1.165) is 21.3 Å². The van der Waals surface area contributed by atoms with Gasteiger partial charge in [0.2, 0.25) is 5.91 Å². The van der Waals surface area contributed by atoms with Gasteiger partial charge >= 0.3 is 0 Å². The van der Waals surface area contributed by atoms with Crippen molar-refractivity contribution in [1.29, 1.82) is 0 Å². The van der Waals surface area contributed by atoms with Gasteiger partial charge in [-0.2, -0.15) is 0 Å². The summed E-state index contributed by atoms with van der Waals surface area (Å²) < 4.78 is 0.950. The quantitative estimate of drug-likeness (QED) is 0.925. The van der Waals surface area contributed by atoms with E-state index in [1.54, 1.807) is 4.90 Å². The van der Waals surface area contributed by atoms with Crippen LogP contribution in [0.2, 0.25) is 0 Å². The van der Waals surface area contributed by atoms with Gasteiger partial charge in [-0.05, 0) is 17.7 Å². The lowest BCUT2D eigenvalue weighted by Gasteiger charge is -2.17. The third-order valence-corrected chi connectivity index (χ3v) is 3.83. The molecular weight excluding hydrogens is 304 g/mol. The van der Waals surface area contributed by atoms with Crippen LogP contribution < -0.4 is 10.6 Å².